The van der Waals surface area contributed by atoms with E-state index in [9.17, 15) is 4.79 Å². The van der Waals surface area contributed by atoms with Crippen molar-refractivity contribution >= 4 is 17.4 Å². The van der Waals surface area contributed by atoms with Crippen molar-refractivity contribution in [3.8, 4) is 0 Å². The Morgan fingerprint density at radius 2 is 2.24 bits per heavy atom. The number of aromatic nitrogens is 1. The molecule has 1 aliphatic heterocycles. The van der Waals surface area contributed by atoms with Crippen LogP contribution in [0.25, 0.3) is 0 Å². The molecule has 0 atom stereocenters. The van der Waals surface area contributed by atoms with Crippen LogP contribution in [-0.2, 0) is 4.79 Å². The molecule has 1 fully saturated rings. The number of amides is 1. The number of pyridine rings is 1. The Morgan fingerprint density at radius 1 is 1.53 bits per heavy atom. The number of nitrogens with zero attached hydrogens (tertiary/aromatic N) is 2. The maximum absolute atomic E-state index is 11.5. The SMILES string of the molecule is CNC(=O)C1CCN(c2cccnc2N)CC1. The van der Waals surface area contributed by atoms with E-state index in [1.54, 1.807) is 13.2 Å². The van der Waals surface area contributed by atoms with Gasteiger partial charge in [0.05, 0.1) is 5.69 Å². The molecule has 5 heteroatoms. The first-order valence-electron chi connectivity index (χ1n) is 5.89. The van der Waals surface area contributed by atoms with Crippen molar-refractivity contribution in [1.29, 1.82) is 0 Å². The Bertz CT molecular complexity index is 399. The number of rotatable bonds is 2. The number of nitrogens with one attached hydrogen (secondary N) is 1. The molecule has 3 N–H and O–H groups in total. The van der Waals surface area contributed by atoms with E-state index >= 15 is 0 Å². The van der Waals surface area contributed by atoms with Gasteiger partial charge in [0.1, 0.15) is 5.82 Å². The van der Waals surface area contributed by atoms with Crippen LogP contribution in [0.4, 0.5) is 11.5 Å². The van der Waals surface area contributed by atoms with Crippen molar-refractivity contribution in [3.63, 3.8) is 0 Å². The number of anilines is 2. The van der Waals surface area contributed by atoms with E-state index in [2.05, 4.69) is 15.2 Å². The van der Waals surface area contributed by atoms with Crippen molar-refractivity contribution in [3.05, 3.63) is 18.3 Å². The number of carbonyl (C=O) groups is 1. The smallest absolute Gasteiger partial charge is 0.222 e. The molecule has 0 radical (unpaired) electrons. The molecule has 5 nitrogen and oxygen atoms in total. The minimum atomic E-state index is 0.133. The van der Waals surface area contributed by atoms with Crippen LogP contribution in [0.3, 0.4) is 0 Å². The summed E-state index contributed by atoms with van der Waals surface area (Å²) in [4.78, 5) is 17.8. The fraction of sp³-hybridized carbons (Fsp3) is 0.500. The van der Waals surface area contributed by atoms with Crippen LogP contribution < -0.4 is 16.0 Å². The normalized spacial score (nSPS) is 16.9. The average Bonchev–Trinajstić information content (AvgIpc) is 2.39. The van der Waals surface area contributed by atoms with Gasteiger partial charge in [-0.15, -0.1) is 0 Å². The molecule has 0 aromatic carbocycles. The zero-order valence-corrected chi connectivity index (χ0v) is 10.0. The molecular formula is C12H18N4O. The number of nitrogens with two attached hydrogens (primary N) is 1. The van der Waals surface area contributed by atoms with E-state index in [1.165, 1.54) is 0 Å². The zero-order valence-electron chi connectivity index (χ0n) is 10.0. The van der Waals surface area contributed by atoms with Crippen LogP contribution in [0, 0.1) is 5.92 Å². The maximum atomic E-state index is 11.5. The van der Waals surface area contributed by atoms with Crippen LogP contribution in [0.15, 0.2) is 18.3 Å². The van der Waals surface area contributed by atoms with Gasteiger partial charge in [0.2, 0.25) is 5.91 Å². The van der Waals surface area contributed by atoms with Crippen molar-refractivity contribution in [1.82, 2.24) is 10.3 Å². The minimum Gasteiger partial charge on any atom is -0.382 e. The minimum absolute atomic E-state index is 0.133. The fourth-order valence-corrected chi connectivity index (χ4v) is 2.26. The van der Waals surface area contributed by atoms with Gasteiger partial charge in [-0.25, -0.2) is 4.98 Å². The highest BCUT2D eigenvalue weighted by Crippen LogP contribution is 2.26. The van der Waals surface area contributed by atoms with Gasteiger partial charge in [-0.05, 0) is 25.0 Å². The van der Waals surface area contributed by atoms with E-state index in [4.69, 9.17) is 5.73 Å². The summed E-state index contributed by atoms with van der Waals surface area (Å²) in [6.07, 6.45) is 3.43. The van der Waals surface area contributed by atoms with Gasteiger partial charge in [0.15, 0.2) is 0 Å². The lowest BCUT2D eigenvalue weighted by Gasteiger charge is -2.33. The standard InChI is InChI=1S/C12H18N4O/c1-14-12(17)9-4-7-16(8-5-9)10-3-2-6-15-11(10)13/h2-3,6,9H,4-5,7-8H2,1H3,(H2,13,15)(H,14,17). The van der Waals surface area contributed by atoms with Gasteiger partial charge >= 0.3 is 0 Å². The molecule has 0 spiro atoms. The molecular weight excluding hydrogens is 216 g/mol. The molecule has 92 valence electrons. The number of carbonyl (C=O) groups excluding carboxylic acids is 1. The Labute approximate surface area is 101 Å². The molecule has 1 aromatic rings. The summed E-state index contributed by atoms with van der Waals surface area (Å²) >= 11 is 0. The molecule has 0 saturated carbocycles. The van der Waals surface area contributed by atoms with Crippen molar-refractivity contribution < 1.29 is 4.79 Å². The maximum Gasteiger partial charge on any atom is 0.222 e. The van der Waals surface area contributed by atoms with Gasteiger partial charge in [-0.1, -0.05) is 0 Å². The molecule has 0 bridgehead atoms. The van der Waals surface area contributed by atoms with Crippen LogP contribution in [-0.4, -0.2) is 31.0 Å². The van der Waals surface area contributed by atoms with Gasteiger partial charge < -0.3 is 16.0 Å². The largest absolute Gasteiger partial charge is 0.382 e. The topological polar surface area (TPSA) is 71.2 Å². The highest BCUT2D eigenvalue weighted by atomic mass is 16.1. The molecule has 17 heavy (non-hydrogen) atoms. The predicted octanol–water partition coefficient (Wildman–Crippen LogP) is 0.626. The molecule has 0 aliphatic carbocycles. The van der Waals surface area contributed by atoms with Crippen molar-refractivity contribution in [2.45, 2.75) is 12.8 Å². The zero-order chi connectivity index (χ0) is 12.3. The second-order valence-electron chi connectivity index (χ2n) is 4.28. The van der Waals surface area contributed by atoms with Gasteiger partial charge in [0, 0.05) is 32.3 Å². The molecule has 1 amide bonds. The van der Waals surface area contributed by atoms with Crippen LogP contribution in [0.2, 0.25) is 0 Å². The van der Waals surface area contributed by atoms with E-state index < -0.39 is 0 Å². The molecule has 0 unspecified atom stereocenters. The Hall–Kier alpha value is -1.78. The summed E-state index contributed by atoms with van der Waals surface area (Å²) in [5.41, 5.74) is 6.81. The third kappa shape index (κ3) is 2.49. The molecule has 1 aliphatic rings. The van der Waals surface area contributed by atoms with E-state index in [0.29, 0.717) is 5.82 Å². The Balaban J connectivity index is 2.00. The molecule has 2 heterocycles. The predicted molar refractivity (Wildman–Crippen MR) is 67.7 cm³/mol. The van der Waals surface area contributed by atoms with E-state index in [-0.39, 0.29) is 11.8 Å². The third-order valence-electron chi connectivity index (χ3n) is 3.27. The fourth-order valence-electron chi connectivity index (χ4n) is 2.26. The first-order valence-corrected chi connectivity index (χ1v) is 5.89. The van der Waals surface area contributed by atoms with E-state index in [1.807, 2.05) is 12.1 Å². The van der Waals surface area contributed by atoms with Crippen LogP contribution in [0.1, 0.15) is 12.8 Å². The summed E-state index contributed by atoms with van der Waals surface area (Å²) in [5.74, 6) is 0.837. The first kappa shape index (κ1) is 11.7. The lowest BCUT2D eigenvalue weighted by molar-refractivity contribution is -0.125. The third-order valence-corrected chi connectivity index (χ3v) is 3.27. The monoisotopic (exact) mass is 234 g/mol. The lowest BCUT2D eigenvalue weighted by Crippen LogP contribution is -2.39. The molecule has 1 saturated heterocycles. The lowest BCUT2D eigenvalue weighted by atomic mass is 9.95. The number of hydrogen-bond donors (Lipinski definition) is 2. The highest BCUT2D eigenvalue weighted by Gasteiger charge is 2.25. The summed E-state index contributed by atoms with van der Waals surface area (Å²) in [6, 6.07) is 3.86. The Morgan fingerprint density at radius 3 is 2.82 bits per heavy atom. The van der Waals surface area contributed by atoms with Gasteiger partial charge in [-0.2, -0.15) is 0 Å². The van der Waals surface area contributed by atoms with Gasteiger partial charge in [0.25, 0.3) is 0 Å². The number of hydrogen-bond acceptors (Lipinski definition) is 4. The van der Waals surface area contributed by atoms with Crippen LogP contribution in [0.5, 0.6) is 0 Å². The molecule has 1 aromatic heterocycles. The number of nitrogen functional groups attached to an aromatic ring is 1. The number of piperidine rings is 1. The summed E-state index contributed by atoms with van der Waals surface area (Å²) < 4.78 is 0. The molecule has 2 rings (SSSR count). The van der Waals surface area contributed by atoms with E-state index in [0.717, 1.165) is 31.6 Å². The summed E-state index contributed by atoms with van der Waals surface area (Å²) in [5, 5.41) is 2.71. The summed E-state index contributed by atoms with van der Waals surface area (Å²) in [7, 11) is 1.69. The quantitative estimate of drug-likeness (QED) is 0.787. The van der Waals surface area contributed by atoms with Crippen LogP contribution >= 0.6 is 0 Å². The van der Waals surface area contributed by atoms with Crippen molar-refractivity contribution in [2.75, 3.05) is 30.8 Å². The second kappa shape index (κ2) is 5.03. The van der Waals surface area contributed by atoms with Crippen molar-refractivity contribution in [2.24, 2.45) is 5.92 Å². The second-order valence-corrected chi connectivity index (χ2v) is 4.28. The summed E-state index contributed by atoms with van der Waals surface area (Å²) in [6.45, 7) is 1.71. The average molecular weight is 234 g/mol. The highest BCUT2D eigenvalue weighted by molar-refractivity contribution is 5.78. The first-order chi connectivity index (χ1) is 8.22. The Kier molecular flexibility index (Phi) is 3.46. The van der Waals surface area contributed by atoms with Gasteiger partial charge in [-0.3, -0.25) is 4.79 Å².